The summed E-state index contributed by atoms with van der Waals surface area (Å²) < 4.78 is 5.42. The summed E-state index contributed by atoms with van der Waals surface area (Å²) in [6, 6.07) is 7.66. The topological polar surface area (TPSA) is 72.1 Å². The first-order chi connectivity index (χ1) is 11.8. The van der Waals surface area contributed by atoms with E-state index in [1.807, 2.05) is 34.5 Å². The molecule has 3 aromatic rings. The van der Waals surface area contributed by atoms with Crippen molar-refractivity contribution < 1.29 is 9.32 Å². The van der Waals surface area contributed by atoms with Gasteiger partial charge < -0.3 is 9.42 Å². The molecule has 0 bridgehead atoms. The lowest BCUT2D eigenvalue weighted by molar-refractivity contribution is -0.129. The zero-order valence-corrected chi connectivity index (χ0v) is 13.8. The summed E-state index contributed by atoms with van der Waals surface area (Å²) in [7, 11) is 0. The van der Waals surface area contributed by atoms with Crippen molar-refractivity contribution in [3.8, 4) is 11.4 Å². The van der Waals surface area contributed by atoms with Gasteiger partial charge >= 0.3 is 0 Å². The molecule has 1 aliphatic heterocycles. The van der Waals surface area contributed by atoms with Crippen molar-refractivity contribution in [1.29, 1.82) is 0 Å². The Balaban J connectivity index is 1.42. The van der Waals surface area contributed by atoms with Crippen LogP contribution in [0.5, 0.6) is 0 Å². The van der Waals surface area contributed by atoms with Gasteiger partial charge in [0.2, 0.25) is 17.6 Å². The van der Waals surface area contributed by atoms with Crippen LogP contribution < -0.4 is 0 Å². The summed E-state index contributed by atoms with van der Waals surface area (Å²) in [6.45, 7) is 1.38. The lowest BCUT2D eigenvalue weighted by atomic mass is 10.1. The fourth-order valence-corrected chi connectivity index (χ4v) is 3.58. The molecule has 4 rings (SSSR count). The van der Waals surface area contributed by atoms with Crippen LogP contribution in [-0.4, -0.2) is 39.0 Å². The molecule has 6 nitrogen and oxygen atoms in total. The Morgan fingerprint density at radius 3 is 3.00 bits per heavy atom. The molecule has 7 heteroatoms. The number of hydrogen-bond donors (Lipinski definition) is 0. The molecule has 0 saturated carbocycles. The van der Waals surface area contributed by atoms with E-state index in [0.717, 1.165) is 23.4 Å². The van der Waals surface area contributed by atoms with Crippen molar-refractivity contribution in [2.75, 3.05) is 13.1 Å². The molecule has 1 saturated heterocycles. The highest BCUT2D eigenvalue weighted by atomic mass is 32.1. The van der Waals surface area contributed by atoms with Crippen LogP contribution in [0.15, 0.2) is 46.6 Å². The molecule has 0 aromatic carbocycles. The zero-order valence-electron chi connectivity index (χ0n) is 13.0. The standard InChI is InChI=1S/C17H16N4O2S/c22-15(10-14-2-1-9-24-14)21-8-5-13(11-21)17-19-16(20-23-17)12-3-6-18-7-4-12/h1-4,6-7,9,13H,5,8,10-11H2/t13-/m1/s1. The highest BCUT2D eigenvalue weighted by Gasteiger charge is 2.31. The lowest BCUT2D eigenvalue weighted by Gasteiger charge is -2.15. The van der Waals surface area contributed by atoms with Crippen LogP contribution >= 0.6 is 11.3 Å². The van der Waals surface area contributed by atoms with Crippen LogP contribution in [0.3, 0.4) is 0 Å². The van der Waals surface area contributed by atoms with E-state index in [0.29, 0.717) is 24.7 Å². The first-order valence-corrected chi connectivity index (χ1v) is 8.72. The second-order valence-electron chi connectivity index (χ2n) is 5.77. The predicted octanol–water partition coefficient (Wildman–Crippen LogP) is 2.75. The third-order valence-electron chi connectivity index (χ3n) is 4.18. The highest BCUT2D eigenvalue weighted by molar-refractivity contribution is 7.10. The van der Waals surface area contributed by atoms with Crippen molar-refractivity contribution >= 4 is 17.2 Å². The van der Waals surface area contributed by atoms with Crippen molar-refractivity contribution in [2.45, 2.75) is 18.8 Å². The molecule has 122 valence electrons. The van der Waals surface area contributed by atoms with Crippen LogP contribution in [-0.2, 0) is 11.2 Å². The van der Waals surface area contributed by atoms with Crippen LogP contribution in [0.1, 0.15) is 23.1 Å². The average molecular weight is 340 g/mol. The number of rotatable bonds is 4. The zero-order chi connectivity index (χ0) is 16.4. The first kappa shape index (κ1) is 15.0. The molecule has 1 aliphatic rings. The van der Waals surface area contributed by atoms with E-state index >= 15 is 0 Å². The Bertz CT molecular complexity index is 816. The number of carbonyl (C=O) groups excluding carboxylic acids is 1. The molecule has 0 unspecified atom stereocenters. The minimum atomic E-state index is 0.111. The summed E-state index contributed by atoms with van der Waals surface area (Å²) in [5, 5.41) is 6.04. The number of hydrogen-bond acceptors (Lipinski definition) is 6. The van der Waals surface area contributed by atoms with Gasteiger partial charge in [0.05, 0.1) is 12.3 Å². The quantitative estimate of drug-likeness (QED) is 0.730. The molecular weight excluding hydrogens is 324 g/mol. The molecule has 0 spiro atoms. The lowest BCUT2D eigenvalue weighted by Crippen LogP contribution is -2.29. The normalized spacial score (nSPS) is 17.3. The Morgan fingerprint density at radius 1 is 1.33 bits per heavy atom. The number of amides is 1. The Hall–Kier alpha value is -2.54. The summed E-state index contributed by atoms with van der Waals surface area (Å²) in [5.74, 6) is 1.44. The molecule has 0 N–H and O–H groups in total. The van der Waals surface area contributed by atoms with E-state index in [9.17, 15) is 4.79 Å². The van der Waals surface area contributed by atoms with Gasteiger partial charge in [-0.05, 0) is 30.0 Å². The Kier molecular flexibility index (Phi) is 4.08. The minimum Gasteiger partial charge on any atom is -0.342 e. The molecule has 3 aromatic heterocycles. The second kappa shape index (κ2) is 6.52. The van der Waals surface area contributed by atoms with E-state index < -0.39 is 0 Å². The maximum Gasteiger partial charge on any atom is 0.231 e. The Morgan fingerprint density at radius 2 is 2.21 bits per heavy atom. The molecular formula is C17H16N4O2S. The number of carbonyl (C=O) groups is 1. The van der Waals surface area contributed by atoms with Gasteiger partial charge in [-0.1, -0.05) is 11.2 Å². The van der Waals surface area contributed by atoms with Gasteiger partial charge in [0.25, 0.3) is 0 Å². The van der Waals surface area contributed by atoms with E-state index in [1.165, 1.54) is 0 Å². The third-order valence-corrected chi connectivity index (χ3v) is 5.05. The molecule has 0 radical (unpaired) electrons. The monoisotopic (exact) mass is 340 g/mol. The van der Waals surface area contributed by atoms with E-state index in [1.54, 1.807) is 23.7 Å². The SMILES string of the molecule is O=C(Cc1cccs1)N1CC[C@@H](c2nc(-c3ccncc3)no2)C1. The van der Waals surface area contributed by atoms with Crippen LogP contribution in [0, 0.1) is 0 Å². The fourth-order valence-electron chi connectivity index (χ4n) is 2.88. The molecule has 4 heterocycles. The van der Waals surface area contributed by atoms with Crippen LogP contribution in [0.25, 0.3) is 11.4 Å². The summed E-state index contributed by atoms with van der Waals surface area (Å²) in [6.07, 6.45) is 4.72. The van der Waals surface area contributed by atoms with E-state index in [2.05, 4.69) is 15.1 Å². The molecule has 24 heavy (non-hydrogen) atoms. The van der Waals surface area contributed by atoms with Crippen molar-refractivity contribution in [3.63, 3.8) is 0 Å². The van der Waals surface area contributed by atoms with Gasteiger partial charge in [0.1, 0.15) is 0 Å². The van der Waals surface area contributed by atoms with Crippen LogP contribution in [0.2, 0.25) is 0 Å². The number of nitrogens with zero attached hydrogens (tertiary/aromatic N) is 4. The Labute approximate surface area is 143 Å². The summed E-state index contributed by atoms with van der Waals surface area (Å²) in [4.78, 5) is 23.8. The number of pyridine rings is 1. The van der Waals surface area contributed by atoms with Gasteiger partial charge in [0, 0.05) is 35.9 Å². The number of aromatic nitrogens is 3. The van der Waals surface area contributed by atoms with E-state index in [-0.39, 0.29) is 11.8 Å². The predicted molar refractivity (Wildman–Crippen MR) is 89.5 cm³/mol. The smallest absolute Gasteiger partial charge is 0.231 e. The maximum atomic E-state index is 12.4. The molecule has 1 fully saturated rings. The van der Waals surface area contributed by atoms with Crippen LogP contribution in [0.4, 0.5) is 0 Å². The van der Waals surface area contributed by atoms with Crippen molar-refractivity contribution in [1.82, 2.24) is 20.0 Å². The van der Waals surface area contributed by atoms with Gasteiger partial charge in [-0.25, -0.2) is 0 Å². The minimum absolute atomic E-state index is 0.111. The summed E-state index contributed by atoms with van der Waals surface area (Å²) >= 11 is 1.61. The fraction of sp³-hybridized carbons (Fsp3) is 0.294. The summed E-state index contributed by atoms with van der Waals surface area (Å²) in [5.41, 5.74) is 0.878. The first-order valence-electron chi connectivity index (χ1n) is 7.84. The highest BCUT2D eigenvalue weighted by Crippen LogP contribution is 2.28. The second-order valence-corrected chi connectivity index (χ2v) is 6.81. The maximum absolute atomic E-state index is 12.4. The third kappa shape index (κ3) is 3.07. The molecule has 0 aliphatic carbocycles. The average Bonchev–Trinajstić information content (AvgIpc) is 3.36. The number of likely N-dealkylation sites (tertiary alicyclic amines) is 1. The van der Waals surface area contributed by atoms with Gasteiger partial charge in [-0.15, -0.1) is 11.3 Å². The number of thiophene rings is 1. The molecule has 1 amide bonds. The molecule has 1 atom stereocenters. The van der Waals surface area contributed by atoms with Gasteiger partial charge in [-0.2, -0.15) is 4.98 Å². The van der Waals surface area contributed by atoms with Crippen molar-refractivity contribution in [3.05, 3.63) is 52.8 Å². The van der Waals surface area contributed by atoms with E-state index in [4.69, 9.17) is 4.52 Å². The van der Waals surface area contributed by atoms with Gasteiger partial charge in [-0.3, -0.25) is 9.78 Å². The van der Waals surface area contributed by atoms with Gasteiger partial charge in [0.15, 0.2) is 0 Å². The largest absolute Gasteiger partial charge is 0.342 e. The van der Waals surface area contributed by atoms with Crippen molar-refractivity contribution in [2.24, 2.45) is 0 Å².